The van der Waals surface area contributed by atoms with Crippen LogP contribution in [0.5, 0.6) is 0 Å². The van der Waals surface area contributed by atoms with E-state index >= 15 is 0 Å². The Hall–Kier alpha value is -3.43. The monoisotopic (exact) mass is 513 g/mol. The number of aromatic nitrogens is 3. The number of carbonyl (C=O) groups excluding carboxylic acids is 1. The van der Waals surface area contributed by atoms with Crippen LogP contribution < -0.4 is 10.6 Å². The number of thioether (sulfide) groups is 1. The largest absolute Gasteiger partial charge is 0.331 e. The Balaban J connectivity index is 1.56. The standard InChI is InChI=1S/C25H22ClF2N5OS/c1-15-5-3-4-6-17(15)14-35-25-32-31-23(33(25)22-11-18(26)8-7-16(22)2)13-29-24(34)30-19-9-10-20(27)21(28)12-19/h3-12H,13-14H2,1-2H3,(H2,29,30,34). The fraction of sp³-hybridized carbons (Fsp3) is 0.160. The van der Waals surface area contributed by atoms with Crippen LogP contribution in [-0.2, 0) is 12.3 Å². The first-order chi connectivity index (χ1) is 16.8. The fourth-order valence-corrected chi connectivity index (χ4v) is 4.60. The second-order valence-corrected chi connectivity index (χ2v) is 9.20. The van der Waals surface area contributed by atoms with Gasteiger partial charge in [-0.15, -0.1) is 10.2 Å². The lowest BCUT2D eigenvalue weighted by atomic mass is 10.1. The predicted molar refractivity (Wildman–Crippen MR) is 134 cm³/mol. The first-order valence-electron chi connectivity index (χ1n) is 10.7. The highest BCUT2D eigenvalue weighted by Crippen LogP contribution is 2.29. The van der Waals surface area contributed by atoms with Gasteiger partial charge in [0.15, 0.2) is 22.6 Å². The number of aryl methyl sites for hydroxylation is 2. The van der Waals surface area contributed by atoms with Crippen molar-refractivity contribution >= 4 is 35.1 Å². The van der Waals surface area contributed by atoms with E-state index in [2.05, 4.69) is 39.9 Å². The van der Waals surface area contributed by atoms with E-state index in [4.69, 9.17) is 11.6 Å². The average Bonchev–Trinajstić information content (AvgIpc) is 3.23. The van der Waals surface area contributed by atoms with Crippen LogP contribution in [0.1, 0.15) is 22.5 Å². The van der Waals surface area contributed by atoms with Crippen molar-refractivity contribution in [1.82, 2.24) is 20.1 Å². The Morgan fingerprint density at radius 2 is 1.80 bits per heavy atom. The Morgan fingerprint density at radius 1 is 1.00 bits per heavy atom. The summed E-state index contributed by atoms with van der Waals surface area (Å²) in [7, 11) is 0. The van der Waals surface area contributed by atoms with E-state index in [9.17, 15) is 13.6 Å². The Bertz CT molecular complexity index is 1380. The van der Waals surface area contributed by atoms with Crippen LogP contribution in [0.25, 0.3) is 5.69 Å². The summed E-state index contributed by atoms with van der Waals surface area (Å²) in [6.07, 6.45) is 0. The van der Waals surface area contributed by atoms with Gasteiger partial charge in [0.1, 0.15) is 0 Å². The number of halogens is 3. The third kappa shape index (κ3) is 5.98. The molecule has 2 amide bonds. The molecule has 0 aliphatic carbocycles. The molecule has 35 heavy (non-hydrogen) atoms. The number of anilines is 1. The quantitative estimate of drug-likeness (QED) is 0.279. The van der Waals surface area contributed by atoms with Crippen LogP contribution in [0.3, 0.4) is 0 Å². The summed E-state index contributed by atoms with van der Waals surface area (Å²) < 4.78 is 28.4. The number of hydrogen-bond acceptors (Lipinski definition) is 4. The molecule has 4 aromatic rings. The summed E-state index contributed by atoms with van der Waals surface area (Å²) in [4.78, 5) is 12.4. The van der Waals surface area contributed by atoms with Crippen LogP contribution in [0.2, 0.25) is 5.02 Å². The van der Waals surface area contributed by atoms with E-state index in [0.29, 0.717) is 21.8 Å². The molecular formula is C25H22ClF2N5OS. The zero-order chi connectivity index (χ0) is 24.9. The fourth-order valence-electron chi connectivity index (χ4n) is 3.40. The first kappa shape index (κ1) is 24.7. The molecule has 0 radical (unpaired) electrons. The Kier molecular flexibility index (Phi) is 7.67. The molecule has 0 atom stereocenters. The minimum atomic E-state index is -1.05. The van der Waals surface area contributed by atoms with Crippen LogP contribution in [0.15, 0.2) is 65.8 Å². The van der Waals surface area contributed by atoms with Crippen molar-refractivity contribution in [1.29, 1.82) is 0 Å². The molecule has 0 unspecified atom stereocenters. The summed E-state index contributed by atoms with van der Waals surface area (Å²) >= 11 is 7.80. The maximum atomic E-state index is 13.4. The van der Waals surface area contributed by atoms with Gasteiger partial charge in [-0.3, -0.25) is 4.57 Å². The number of carbonyl (C=O) groups is 1. The maximum absolute atomic E-state index is 13.4. The molecule has 0 saturated heterocycles. The number of nitrogens with one attached hydrogen (secondary N) is 2. The van der Waals surface area contributed by atoms with Gasteiger partial charge >= 0.3 is 6.03 Å². The Morgan fingerprint density at radius 3 is 2.57 bits per heavy atom. The van der Waals surface area contributed by atoms with Crippen LogP contribution in [0, 0.1) is 25.5 Å². The van der Waals surface area contributed by atoms with Crippen molar-refractivity contribution in [3.05, 3.63) is 99.8 Å². The number of nitrogens with zero attached hydrogens (tertiary/aromatic N) is 3. The van der Waals surface area contributed by atoms with Crippen molar-refractivity contribution in [2.45, 2.75) is 31.3 Å². The Labute approximate surface area is 210 Å². The second kappa shape index (κ2) is 10.9. The molecule has 0 saturated carbocycles. The van der Waals surface area contributed by atoms with Crippen molar-refractivity contribution in [3.63, 3.8) is 0 Å². The van der Waals surface area contributed by atoms with Gasteiger partial charge in [0.05, 0.1) is 12.2 Å². The van der Waals surface area contributed by atoms with Gasteiger partial charge in [-0.1, -0.05) is 53.7 Å². The van der Waals surface area contributed by atoms with Gasteiger partial charge in [-0.2, -0.15) is 0 Å². The molecule has 0 aliphatic rings. The summed E-state index contributed by atoms with van der Waals surface area (Å²) in [5, 5.41) is 15.0. The third-order valence-corrected chi connectivity index (χ3v) is 6.53. The SMILES string of the molecule is Cc1ccccc1CSc1nnc(CNC(=O)Nc2ccc(F)c(F)c2)n1-c1cc(Cl)ccc1C. The van der Waals surface area contributed by atoms with E-state index < -0.39 is 17.7 Å². The van der Waals surface area contributed by atoms with E-state index in [0.717, 1.165) is 23.4 Å². The van der Waals surface area contributed by atoms with Crippen LogP contribution >= 0.6 is 23.4 Å². The number of amides is 2. The summed E-state index contributed by atoms with van der Waals surface area (Å²) in [5.74, 6) is -0.858. The molecule has 1 aromatic heterocycles. The van der Waals surface area contributed by atoms with E-state index in [-0.39, 0.29) is 12.2 Å². The molecule has 0 spiro atoms. The zero-order valence-electron chi connectivity index (χ0n) is 19.0. The third-order valence-electron chi connectivity index (χ3n) is 5.32. The lowest BCUT2D eigenvalue weighted by molar-refractivity contribution is 0.251. The van der Waals surface area contributed by atoms with Crippen molar-refractivity contribution in [2.24, 2.45) is 0 Å². The molecule has 6 nitrogen and oxygen atoms in total. The van der Waals surface area contributed by atoms with Crippen molar-refractivity contribution in [2.75, 3.05) is 5.32 Å². The minimum absolute atomic E-state index is 0.0411. The predicted octanol–water partition coefficient (Wildman–Crippen LogP) is 6.43. The molecule has 0 fully saturated rings. The number of urea groups is 1. The lowest BCUT2D eigenvalue weighted by Crippen LogP contribution is -2.29. The summed E-state index contributed by atoms with van der Waals surface area (Å²) in [5.41, 5.74) is 4.25. The van der Waals surface area contributed by atoms with E-state index in [1.54, 1.807) is 6.07 Å². The highest BCUT2D eigenvalue weighted by molar-refractivity contribution is 7.98. The van der Waals surface area contributed by atoms with Gasteiger partial charge in [-0.05, 0) is 54.8 Å². The molecule has 180 valence electrons. The maximum Gasteiger partial charge on any atom is 0.319 e. The van der Waals surface area contributed by atoms with Gasteiger partial charge < -0.3 is 10.6 Å². The molecule has 0 bridgehead atoms. The van der Waals surface area contributed by atoms with Gasteiger partial charge in [0, 0.05) is 22.5 Å². The highest BCUT2D eigenvalue weighted by Gasteiger charge is 2.18. The van der Waals surface area contributed by atoms with Crippen LogP contribution in [-0.4, -0.2) is 20.8 Å². The minimum Gasteiger partial charge on any atom is -0.331 e. The van der Waals surface area contributed by atoms with Crippen molar-refractivity contribution < 1.29 is 13.6 Å². The zero-order valence-corrected chi connectivity index (χ0v) is 20.6. The topological polar surface area (TPSA) is 71.8 Å². The van der Waals surface area contributed by atoms with E-state index in [1.165, 1.54) is 29.0 Å². The van der Waals surface area contributed by atoms with Crippen molar-refractivity contribution in [3.8, 4) is 5.69 Å². The molecule has 2 N–H and O–H groups in total. The van der Waals surface area contributed by atoms with Gasteiger partial charge in [0.2, 0.25) is 0 Å². The van der Waals surface area contributed by atoms with Gasteiger partial charge in [-0.25, -0.2) is 13.6 Å². The first-order valence-corrected chi connectivity index (χ1v) is 12.1. The normalized spacial score (nSPS) is 10.9. The molecule has 4 rings (SSSR count). The van der Waals surface area contributed by atoms with E-state index in [1.807, 2.05) is 35.8 Å². The average molecular weight is 514 g/mol. The number of rotatable bonds is 7. The van der Waals surface area contributed by atoms with Gasteiger partial charge in [0.25, 0.3) is 0 Å². The smallest absolute Gasteiger partial charge is 0.319 e. The summed E-state index contributed by atoms with van der Waals surface area (Å²) in [6, 6.07) is 16.2. The lowest BCUT2D eigenvalue weighted by Gasteiger charge is -2.14. The number of benzene rings is 3. The molecular weight excluding hydrogens is 492 g/mol. The number of hydrogen-bond donors (Lipinski definition) is 2. The molecule has 3 aromatic carbocycles. The molecule has 1 heterocycles. The summed E-state index contributed by atoms with van der Waals surface area (Å²) in [6.45, 7) is 4.05. The molecule has 0 aliphatic heterocycles. The highest BCUT2D eigenvalue weighted by atomic mass is 35.5. The second-order valence-electron chi connectivity index (χ2n) is 7.82. The van der Waals surface area contributed by atoms with Crippen LogP contribution in [0.4, 0.5) is 19.3 Å². The molecule has 10 heteroatoms.